The number of amides is 1. The molecule has 0 radical (unpaired) electrons. The molecule has 0 aliphatic heterocycles. The van der Waals surface area contributed by atoms with Crippen LogP contribution in [0.5, 0.6) is 0 Å². The summed E-state index contributed by atoms with van der Waals surface area (Å²) in [5.41, 5.74) is 4.03. The van der Waals surface area contributed by atoms with Gasteiger partial charge in [-0.05, 0) is 45.4 Å². The Labute approximate surface area is 153 Å². The van der Waals surface area contributed by atoms with E-state index in [2.05, 4.69) is 20.4 Å². The van der Waals surface area contributed by atoms with Crippen LogP contribution in [0.2, 0.25) is 0 Å². The van der Waals surface area contributed by atoms with Gasteiger partial charge in [0.05, 0.1) is 17.1 Å². The third-order valence-electron chi connectivity index (χ3n) is 4.20. The Balaban J connectivity index is 1.69. The van der Waals surface area contributed by atoms with Gasteiger partial charge in [-0.1, -0.05) is 12.1 Å². The van der Waals surface area contributed by atoms with Gasteiger partial charge in [-0.3, -0.25) is 14.5 Å². The van der Waals surface area contributed by atoms with Crippen LogP contribution in [0.25, 0.3) is 11.3 Å². The maximum absolute atomic E-state index is 12.6. The van der Waals surface area contributed by atoms with Crippen molar-refractivity contribution in [3.05, 3.63) is 65.9 Å². The summed E-state index contributed by atoms with van der Waals surface area (Å²) < 4.78 is 1.86. The summed E-state index contributed by atoms with van der Waals surface area (Å²) >= 11 is 0. The summed E-state index contributed by atoms with van der Waals surface area (Å²) in [5.74, 6) is -0.0851. The number of rotatable bonds is 6. The van der Waals surface area contributed by atoms with E-state index < -0.39 is 0 Å². The monoisotopic (exact) mass is 349 g/mol. The Kier molecular flexibility index (Phi) is 5.41. The van der Waals surface area contributed by atoms with Crippen LogP contribution in [-0.2, 0) is 6.54 Å². The zero-order valence-electron chi connectivity index (χ0n) is 15.3. The summed E-state index contributed by atoms with van der Waals surface area (Å²) in [7, 11) is 0. The molecule has 2 aromatic heterocycles. The summed E-state index contributed by atoms with van der Waals surface area (Å²) in [6, 6.07) is 9.46. The van der Waals surface area contributed by atoms with Gasteiger partial charge in [0.2, 0.25) is 0 Å². The highest BCUT2D eigenvalue weighted by atomic mass is 16.1. The normalized spacial score (nSPS) is 12.0. The number of nitrogens with zero attached hydrogens (tertiary/aromatic N) is 4. The summed E-state index contributed by atoms with van der Waals surface area (Å²) in [6.07, 6.45) is 6.24. The van der Waals surface area contributed by atoms with E-state index in [9.17, 15) is 4.79 Å². The van der Waals surface area contributed by atoms with Gasteiger partial charge in [0, 0.05) is 42.3 Å². The summed E-state index contributed by atoms with van der Waals surface area (Å²) in [5, 5.41) is 7.22. The number of carbonyl (C=O) groups is 1. The molecule has 1 atom stereocenters. The lowest BCUT2D eigenvalue weighted by Crippen LogP contribution is -2.33. The highest BCUT2D eigenvalue weighted by Crippen LogP contribution is 2.21. The minimum atomic E-state index is -0.0851. The van der Waals surface area contributed by atoms with Gasteiger partial charge < -0.3 is 5.32 Å². The van der Waals surface area contributed by atoms with Crippen molar-refractivity contribution in [3.63, 3.8) is 0 Å². The molecule has 3 aromatic rings. The van der Waals surface area contributed by atoms with Crippen molar-refractivity contribution in [3.8, 4) is 11.3 Å². The lowest BCUT2D eigenvalue weighted by Gasteiger charge is -2.14. The maximum Gasteiger partial charge on any atom is 0.251 e. The fraction of sp³-hybridized carbons (Fsp3) is 0.300. The first-order valence-electron chi connectivity index (χ1n) is 8.72. The van der Waals surface area contributed by atoms with Crippen LogP contribution in [0.15, 0.2) is 48.9 Å². The van der Waals surface area contributed by atoms with E-state index in [0.717, 1.165) is 35.6 Å². The lowest BCUT2D eigenvalue weighted by atomic mass is 10.1. The van der Waals surface area contributed by atoms with Crippen LogP contribution >= 0.6 is 0 Å². The lowest BCUT2D eigenvalue weighted by molar-refractivity contribution is 0.0937. The van der Waals surface area contributed by atoms with E-state index in [4.69, 9.17) is 0 Å². The van der Waals surface area contributed by atoms with Crippen molar-refractivity contribution in [1.82, 2.24) is 25.1 Å². The van der Waals surface area contributed by atoms with E-state index in [-0.39, 0.29) is 11.9 Å². The Morgan fingerprint density at radius 3 is 2.88 bits per heavy atom. The molecule has 0 unspecified atom stereocenters. The van der Waals surface area contributed by atoms with E-state index in [1.54, 1.807) is 12.4 Å². The second-order valence-corrected chi connectivity index (χ2v) is 6.46. The van der Waals surface area contributed by atoms with Gasteiger partial charge in [-0.2, -0.15) is 5.10 Å². The Hall–Kier alpha value is -3.02. The van der Waals surface area contributed by atoms with E-state index >= 15 is 0 Å². The number of aryl methyl sites for hydroxylation is 3. The van der Waals surface area contributed by atoms with Crippen molar-refractivity contribution in [2.24, 2.45) is 0 Å². The first-order chi connectivity index (χ1) is 12.5. The average Bonchev–Trinajstić information content (AvgIpc) is 3.16. The second kappa shape index (κ2) is 7.91. The molecule has 6 heteroatoms. The molecule has 134 valence electrons. The summed E-state index contributed by atoms with van der Waals surface area (Å²) in [4.78, 5) is 21.5. The van der Waals surface area contributed by atoms with Crippen molar-refractivity contribution >= 4 is 5.91 Å². The van der Waals surface area contributed by atoms with Crippen molar-refractivity contribution < 1.29 is 4.79 Å². The number of carbonyl (C=O) groups excluding carboxylic acids is 1. The zero-order chi connectivity index (χ0) is 18.5. The van der Waals surface area contributed by atoms with Gasteiger partial charge in [-0.25, -0.2) is 4.98 Å². The third-order valence-corrected chi connectivity index (χ3v) is 4.20. The molecular weight excluding hydrogens is 326 g/mol. The molecule has 3 rings (SSSR count). The van der Waals surface area contributed by atoms with Crippen molar-refractivity contribution in [2.75, 3.05) is 0 Å². The van der Waals surface area contributed by atoms with Gasteiger partial charge >= 0.3 is 0 Å². The first kappa shape index (κ1) is 17.8. The van der Waals surface area contributed by atoms with Gasteiger partial charge in [-0.15, -0.1) is 0 Å². The van der Waals surface area contributed by atoms with Crippen LogP contribution in [0.4, 0.5) is 0 Å². The number of hydrogen-bond donors (Lipinski definition) is 1. The maximum atomic E-state index is 12.6. The molecule has 0 saturated carbocycles. The van der Waals surface area contributed by atoms with E-state index in [1.807, 2.05) is 62.0 Å². The van der Waals surface area contributed by atoms with Crippen molar-refractivity contribution in [1.29, 1.82) is 0 Å². The molecule has 6 nitrogen and oxygen atoms in total. The molecule has 0 spiro atoms. The molecular formula is C20H23N5O. The average molecular weight is 349 g/mol. The molecule has 0 bridgehead atoms. The van der Waals surface area contributed by atoms with Crippen molar-refractivity contribution in [2.45, 2.75) is 39.8 Å². The van der Waals surface area contributed by atoms with Crippen LogP contribution < -0.4 is 5.32 Å². The standard InChI is InChI=1S/C20H23N5O/c1-14(8-11-25-10-5-9-22-25)24-20(26)18-7-4-6-17(12-18)19-16(3)21-13-15(2)23-19/h4-7,9-10,12-14H,8,11H2,1-3H3,(H,24,26)/t14-/m0/s1. The highest BCUT2D eigenvalue weighted by molar-refractivity contribution is 5.95. The van der Waals surface area contributed by atoms with E-state index in [0.29, 0.717) is 5.56 Å². The van der Waals surface area contributed by atoms with Gasteiger partial charge in [0.25, 0.3) is 5.91 Å². The minimum Gasteiger partial charge on any atom is -0.350 e. The van der Waals surface area contributed by atoms with Gasteiger partial charge in [0.1, 0.15) is 0 Å². The predicted molar refractivity (Wildman–Crippen MR) is 101 cm³/mol. The molecule has 2 heterocycles. The Morgan fingerprint density at radius 1 is 1.27 bits per heavy atom. The number of hydrogen-bond acceptors (Lipinski definition) is 4. The third kappa shape index (κ3) is 4.33. The van der Waals surface area contributed by atoms with E-state index in [1.165, 1.54) is 0 Å². The molecule has 0 fully saturated rings. The largest absolute Gasteiger partial charge is 0.350 e. The quantitative estimate of drug-likeness (QED) is 0.742. The molecule has 1 N–H and O–H groups in total. The smallest absolute Gasteiger partial charge is 0.251 e. The highest BCUT2D eigenvalue weighted by Gasteiger charge is 2.12. The van der Waals surface area contributed by atoms with Crippen LogP contribution in [0.3, 0.4) is 0 Å². The molecule has 0 aliphatic carbocycles. The number of nitrogens with one attached hydrogen (secondary N) is 1. The minimum absolute atomic E-state index is 0.0517. The van der Waals surface area contributed by atoms with Crippen LogP contribution in [0.1, 0.15) is 35.1 Å². The molecule has 0 aliphatic rings. The van der Waals surface area contributed by atoms with Crippen LogP contribution in [0, 0.1) is 13.8 Å². The predicted octanol–water partition coefficient (Wildman–Crippen LogP) is 3.17. The molecule has 0 saturated heterocycles. The molecule has 26 heavy (non-hydrogen) atoms. The fourth-order valence-corrected chi connectivity index (χ4v) is 2.76. The Bertz CT molecular complexity index is 889. The first-order valence-corrected chi connectivity index (χ1v) is 8.72. The fourth-order valence-electron chi connectivity index (χ4n) is 2.76. The number of benzene rings is 1. The number of aromatic nitrogens is 4. The van der Waals surface area contributed by atoms with Crippen LogP contribution in [-0.4, -0.2) is 31.7 Å². The zero-order valence-corrected chi connectivity index (χ0v) is 15.3. The van der Waals surface area contributed by atoms with Gasteiger partial charge in [0.15, 0.2) is 0 Å². The topological polar surface area (TPSA) is 72.7 Å². The molecule has 1 amide bonds. The molecule has 1 aromatic carbocycles. The summed E-state index contributed by atoms with van der Waals surface area (Å²) in [6.45, 7) is 6.60. The SMILES string of the molecule is Cc1cnc(C)c(-c2cccc(C(=O)N[C@@H](C)CCn3cccn3)c2)n1. The second-order valence-electron chi connectivity index (χ2n) is 6.46. The Morgan fingerprint density at radius 2 is 2.12 bits per heavy atom.